The first-order valence-corrected chi connectivity index (χ1v) is 9.96. The van der Waals surface area contributed by atoms with Crippen LogP contribution in [0.25, 0.3) is 10.9 Å². The number of rotatable bonds is 8. The number of benzene rings is 1. The van der Waals surface area contributed by atoms with Crippen molar-refractivity contribution in [3.05, 3.63) is 34.6 Å². The lowest BCUT2D eigenvalue weighted by Gasteiger charge is -2.14. The predicted molar refractivity (Wildman–Crippen MR) is 104 cm³/mol. The Balaban J connectivity index is 1.79. The summed E-state index contributed by atoms with van der Waals surface area (Å²) in [6.45, 7) is 2.17. The Labute approximate surface area is 161 Å². The molecule has 8 heteroatoms. The maximum Gasteiger partial charge on any atom is 0.307 e. The molecule has 1 heterocycles. The van der Waals surface area contributed by atoms with Crippen LogP contribution in [0.15, 0.2) is 34.2 Å². The number of nitrogens with zero attached hydrogens (tertiary/aromatic N) is 2. The summed E-state index contributed by atoms with van der Waals surface area (Å²) in [6, 6.07) is 7.23. The van der Waals surface area contributed by atoms with E-state index in [1.165, 1.54) is 23.4 Å². The molecule has 1 atom stereocenters. The van der Waals surface area contributed by atoms with Crippen molar-refractivity contribution in [2.75, 3.05) is 12.9 Å². The second kappa shape index (κ2) is 8.56. The zero-order valence-corrected chi connectivity index (χ0v) is 16.3. The van der Waals surface area contributed by atoms with E-state index < -0.39 is 5.97 Å². The highest BCUT2D eigenvalue weighted by Gasteiger charge is 2.28. The molecule has 1 N–H and O–H groups in total. The smallest absolute Gasteiger partial charge is 0.307 e. The molecule has 1 aromatic heterocycles. The molecule has 0 radical (unpaired) electrons. The fourth-order valence-electron chi connectivity index (χ4n) is 2.90. The van der Waals surface area contributed by atoms with Gasteiger partial charge in [-0.1, -0.05) is 23.9 Å². The Bertz CT molecular complexity index is 907. The van der Waals surface area contributed by atoms with E-state index in [1.807, 2.05) is 13.0 Å². The number of ether oxygens (including phenoxy) is 1. The van der Waals surface area contributed by atoms with Crippen LogP contribution in [-0.4, -0.2) is 40.3 Å². The van der Waals surface area contributed by atoms with Crippen LogP contribution in [0.2, 0.25) is 0 Å². The van der Waals surface area contributed by atoms with E-state index in [4.69, 9.17) is 0 Å². The number of fused-ring (bicyclic) bond motifs is 1. The Morgan fingerprint density at radius 2 is 2.11 bits per heavy atom. The molecule has 0 unspecified atom stereocenters. The molecule has 1 aliphatic rings. The second-order valence-electron chi connectivity index (χ2n) is 6.68. The van der Waals surface area contributed by atoms with E-state index >= 15 is 0 Å². The highest BCUT2D eigenvalue weighted by Crippen LogP contribution is 2.32. The minimum Gasteiger partial charge on any atom is -0.469 e. The van der Waals surface area contributed by atoms with Gasteiger partial charge in [0, 0.05) is 12.6 Å². The molecule has 1 saturated carbocycles. The van der Waals surface area contributed by atoms with Crippen LogP contribution in [0, 0.1) is 5.92 Å². The Morgan fingerprint density at radius 1 is 1.37 bits per heavy atom. The van der Waals surface area contributed by atoms with Gasteiger partial charge in [0.2, 0.25) is 5.91 Å². The Morgan fingerprint density at radius 3 is 2.81 bits per heavy atom. The SMILES string of the molecule is COC(=O)CCn1c(SCC(=O)N[C@@H](C)C2CC2)nc2ccccc2c1=O. The lowest BCUT2D eigenvalue weighted by molar-refractivity contribution is -0.140. The van der Waals surface area contributed by atoms with Gasteiger partial charge in [-0.15, -0.1) is 0 Å². The lowest BCUT2D eigenvalue weighted by Crippen LogP contribution is -2.35. The van der Waals surface area contributed by atoms with Crippen molar-refractivity contribution in [1.29, 1.82) is 0 Å². The summed E-state index contributed by atoms with van der Waals surface area (Å²) in [6.07, 6.45) is 2.39. The molecule has 1 amide bonds. The van der Waals surface area contributed by atoms with Crippen LogP contribution in [0.3, 0.4) is 0 Å². The summed E-state index contributed by atoms with van der Waals surface area (Å²) < 4.78 is 6.11. The molecule has 0 saturated heterocycles. The van der Waals surface area contributed by atoms with Crippen LogP contribution in [0.5, 0.6) is 0 Å². The average Bonchev–Trinajstić information content (AvgIpc) is 3.51. The molecule has 7 nitrogen and oxygen atoms in total. The van der Waals surface area contributed by atoms with Gasteiger partial charge in [-0.2, -0.15) is 0 Å². The van der Waals surface area contributed by atoms with Crippen LogP contribution in [-0.2, 0) is 20.9 Å². The van der Waals surface area contributed by atoms with Crippen molar-refractivity contribution in [3.63, 3.8) is 0 Å². The van der Waals surface area contributed by atoms with Gasteiger partial charge in [-0.25, -0.2) is 4.98 Å². The number of methoxy groups -OCH3 is 1. The standard InChI is InChI=1S/C19H23N3O4S/c1-12(13-7-8-13)20-16(23)11-27-19-21-15-6-4-3-5-14(15)18(25)22(19)10-9-17(24)26-2/h3-6,12-13H,7-11H2,1-2H3,(H,20,23)/t12-/m0/s1. The zero-order valence-electron chi connectivity index (χ0n) is 15.4. The first-order chi connectivity index (χ1) is 13.0. The van der Waals surface area contributed by atoms with Crippen LogP contribution < -0.4 is 10.9 Å². The summed E-state index contributed by atoms with van der Waals surface area (Å²) >= 11 is 1.21. The molecule has 1 aliphatic carbocycles. The number of nitrogens with one attached hydrogen (secondary N) is 1. The molecule has 2 aromatic rings. The van der Waals surface area contributed by atoms with E-state index in [1.54, 1.807) is 18.2 Å². The monoisotopic (exact) mass is 389 g/mol. The zero-order chi connectivity index (χ0) is 19.4. The fraction of sp³-hybridized carbons (Fsp3) is 0.474. The van der Waals surface area contributed by atoms with Crippen molar-refractivity contribution >= 4 is 34.5 Å². The number of hydrogen-bond acceptors (Lipinski definition) is 6. The summed E-state index contributed by atoms with van der Waals surface area (Å²) in [5, 5.41) is 3.91. The minimum atomic E-state index is -0.401. The lowest BCUT2D eigenvalue weighted by atomic mass is 10.2. The predicted octanol–water partition coefficient (Wildman–Crippen LogP) is 1.97. The Kier molecular flexibility index (Phi) is 6.15. The van der Waals surface area contributed by atoms with E-state index in [-0.39, 0.29) is 36.2 Å². The fourth-order valence-corrected chi connectivity index (χ4v) is 3.74. The van der Waals surface area contributed by atoms with E-state index in [2.05, 4.69) is 15.0 Å². The van der Waals surface area contributed by atoms with Gasteiger partial charge in [0.25, 0.3) is 5.56 Å². The van der Waals surface area contributed by atoms with Gasteiger partial charge in [0.15, 0.2) is 5.16 Å². The first-order valence-electron chi connectivity index (χ1n) is 8.98. The quantitative estimate of drug-likeness (QED) is 0.422. The molecule has 1 fully saturated rings. The molecule has 27 heavy (non-hydrogen) atoms. The molecule has 0 spiro atoms. The summed E-state index contributed by atoms with van der Waals surface area (Å²) in [4.78, 5) is 41.1. The first kappa shape index (κ1) is 19.4. The third-order valence-electron chi connectivity index (χ3n) is 4.64. The molecule has 1 aromatic carbocycles. The van der Waals surface area contributed by atoms with Crippen molar-refractivity contribution in [1.82, 2.24) is 14.9 Å². The van der Waals surface area contributed by atoms with E-state index in [0.29, 0.717) is 22.0 Å². The van der Waals surface area contributed by atoms with E-state index in [9.17, 15) is 14.4 Å². The maximum absolute atomic E-state index is 12.8. The van der Waals surface area contributed by atoms with Crippen LogP contribution >= 0.6 is 11.8 Å². The van der Waals surface area contributed by atoms with Gasteiger partial charge < -0.3 is 10.1 Å². The van der Waals surface area contributed by atoms with Crippen molar-refractivity contribution in [2.45, 2.75) is 43.9 Å². The normalized spacial score (nSPS) is 14.7. The Hall–Kier alpha value is -2.35. The number of amides is 1. The third-order valence-corrected chi connectivity index (χ3v) is 5.62. The number of thioether (sulfide) groups is 1. The van der Waals surface area contributed by atoms with Gasteiger partial charge in [-0.3, -0.25) is 19.0 Å². The van der Waals surface area contributed by atoms with Gasteiger partial charge in [0.05, 0.1) is 30.2 Å². The number of carbonyl (C=O) groups is 2. The van der Waals surface area contributed by atoms with Crippen molar-refractivity contribution < 1.29 is 14.3 Å². The van der Waals surface area contributed by atoms with Crippen LogP contribution in [0.4, 0.5) is 0 Å². The highest BCUT2D eigenvalue weighted by molar-refractivity contribution is 7.99. The number of esters is 1. The number of aromatic nitrogens is 2. The topological polar surface area (TPSA) is 90.3 Å². The average molecular weight is 389 g/mol. The van der Waals surface area contributed by atoms with Gasteiger partial charge in [0.1, 0.15) is 0 Å². The third kappa shape index (κ3) is 4.88. The van der Waals surface area contributed by atoms with Crippen LogP contribution in [0.1, 0.15) is 26.2 Å². The summed E-state index contributed by atoms with van der Waals surface area (Å²) in [7, 11) is 1.31. The van der Waals surface area contributed by atoms with E-state index in [0.717, 1.165) is 12.8 Å². The highest BCUT2D eigenvalue weighted by atomic mass is 32.2. The van der Waals surface area contributed by atoms with Gasteiger partial charge in [-0.05, 0) is 37.8 Å². The van der Waals surface area contributed by atoms with Gasteiger partial charge >= 0.3 is 5.97 Å². The number of hydrogen-bond donors (Lipinski definition) is 1. The number of carbonyl (C=O) groups excluding carboxylic acids is 2. The molecule has 0 bridgehead atoms. The largest absolute Gasteiger partial charge is 0.469 e. The molecular weight excluding hydrogens is 366 g/mol. The molecule has 3 rings (SSSR count). The minimum absolute atomic E-state index is 0.0644. The second-order valence-corrected chi connectivity index (χ2v) is 7.62. The molecule has 144 valence electrons. The summed E-state index contributed by atoms with van der Waals surface area (Å²) in [5.74, 6) is 0.263. The summed E-state index contributed by atoms with van der Waals surface area (Å²) in [5.41, 5.74) is 0.352. The maximum atomic E-state index is 12.8. The number of para-hydroxylation sites is 1. The molecule has 0 aliphatic heterocycles. The molecular formula is C19H23N3O4S. The van der Waals surface area contributed by atoms with Crippen molar-refractivity contribution in [3.8, 4) is 0 Å². The van der Waals surface area contributed by atoms with Crippen molar-refractivity contribution in [2.24, 2.45) is 5.92 Å².